The second kappa shape index (κ2) is 8.88. The minimum absolute atomic E-state index is 0.0624. The van der Waals surface area contributed by atoms with Gasteiger partial charge in [0.25, 0.3) is 5.91 Å². The Morgan fingerprint density at radius 3 is 2.09 bits per heavy atom. The molecule has 1 saturated heterocycles. The van der Waals surface area contributed by atoms with Crippen LogP contribution in [0.4, 0.5) is 5.82 Å². The second-order valence-electron chi connectivity index (χ2n) is 7.72. The lowest BCUT2D eigenvalue weighted by molar-refractivity contribution is 0.0750. The summed E-state index contributed by atoms with van der Waals surface area (Å²) in [6.07, 6.45) is 0. The quantitative estimate of drug-likeness (QED) is 0.465. The van der Waals surface area contributed by atoms with Crippen molar-refractivity contribution in [2.75, 3.05) is 31.1 Å². The summed E-state index contributed by atoms with van der Waals surface area (Å²) in [7, 11) is 0. The fourth-order valence-corrected chi connectivity index (χ4v) is 4.88. The Labute approximate surface area is 191 Å². The molecular weight excluding hydrogens is 418 g/mol. The highest BCUT2D eigenvalue weighted by Gasteiger charge is 2.26. The van der Waals surface area contributed by atoms with Gasteiger partial charge in [0.1, 0.15) is 9.88 Å². The zero-order chi connectivity index (χ0) is 21.9. The molecule has 0 radical (unpaired) electrons. The van der Waals surface area contributed by atoms with Crippen LogP contribution in [0.25, 0.3) is 21.8 Å². The number of thiazole rings is 1. The summed E-state index contributed by atoms with van der Waals surface area (Å²) in [6.45, 7) is 4.68. The minimum atomic E-state index is 0.0624. The number of carbonyl (C=O) groups is 1. The standard InChI is InChI=1S/C25H23N5OS/c1-18-23(32-24(26-18)20-10-6-3-7-11-20)25(31)30-16-14-29(15-17-30)22-13-12-21(27-28-22)19-8-4-2-5-9-19/h2-13H,14-17H2,1H3. The molecule has 0 saturated carbocycles. The largest absolute Gasteiger partial charge is 0.352 e. The average molecular weight is 442 g/mol. The van der Waals surface area contributed by atoms with Crippen molar-refractivity contribution in [2.24, 2.45) is 0 Å². The summed E-state index contributed by atoms with van der Waals surface area (Å²) in [5.41, 5.74) is 3.75. The van der Waals surface area contributed by atoms with E-state index in [1.165, 1.54) is 11.3 Å². The molecule has 32 heavy (non-hydrogen) atoms. The van der Waals surface area contributed by atoms with Gasteiger partial charge in [0, 0.05) is 37.3 Å². The van der Waals surface area contributed by atoms with Crippen molar-refractivity contribution in [2.45, 2.75) is 6.92 Å². The van der Waals surface area contributed by atoms with Crippen LogP contribution in [0.15, 0.2) is 72.8 Å². The average Bonchev–Trinajstić information content (AvgIpc) is 3.26. The highest BCUT2D eigenvalue weighted by atomic mass is 32.1. The molecule has 160 valence electrons. The van der Waals surface area contributed by atoms with Gasteiger partial charge in [0.05, 0.1) is 11.4 Å². The molecule has 0 aliphatic carbocycles. The lowest BCUT2D eigenvalue weighted by Gasteiger charge is -2.35. The van der Waals surface area contributed by atoms with Gasteiger partial charge in [-0.15, -0.1) is 21.5 Å². The number of rotatable bonds is 4. The van der Waals surface area contributed by atoms with Crippen LogP contribution in [0.5, 0.6) is 0 Å². The predicted molar refractivity (Wildman–Crippen MR) is 128 cm³/mol. The molecule has 1 aliphatic heterocycles. The lowest BCUT2D eigenvalue weighted by Crippen LogP contribution is -2.49. The Bertz CT molecular complexity index is 1200. The molecule has 1 amide bonds. The van der Waals surface area contributed by atoms with E-state index >= 15 is 0 Å². The molecule has 4 aromatic rings. The smallest absolute Gasteiger partial charge is 0.265 e. The first-order chi connectivity index (χ1) is 15.7. The number of piperazine rings is 1. The van der Waals surface area contributed by atoms with E-state index < -0.39 is 0 Å². The molecule has 0 bridgehead atoms. The Hall–Kier alpha value is -3.58. The van der Waals surface area contributed by atoms with Crippen molar-refractivity contribution in [3.8, 4) is 21.8 Å². The Balaban J connectivity index is 1.24. The van der Waals surface area contributed by atoms with E-state index in [4.69, 9.17) is 0 Å². The molecule has 7 heteroatoms. The molecule has 1 aliphatic rings. The molecule has 1 fully saturated rings. The van der Waals surface area contributed by atoms with Crippen LogP contribution in [-0.2, 0) is 0 Å². The predicted octanol–water partition coefficient (Wildman–Crippen LogP) is 4.54. The van der Waals surface area contributed by atoms with Crippen LogP contribution in [0.1, 0.15) is 15.4 Å². The SMILES string of the molecule is Cc1nc(-c2ccccc2)sc1C(=O)N1CCN(c2ccc(-c3ccccc3)nn2)CC1. The number of carbonyl (C=O) groups excluding carboxylic acids is 1. The van der Waals surface area contributed by atoms with Gasteiger partial charge in [-0.25, -0.2) is 4.98 Å². The summed E-state index contributed by atoms with van der Waals surface area (Å²) in [4.78, 5) is 22.6. The van der Waals surface area contributed by atoms with Gasteiger partial charge >= 0.3 is 0 Å². The first-order valence-corrected chi connectivity index (χ1v) is 11.5. The summed E-state index contributed by atoms with van der Waals surface area (Å²) in [5.74, 6) is 0.907. The zero-order valence-corrected chi connectivity index (χ0v) is 18.6. The van der Waals surface area contributed by atoms with Gasteiger partial charge in [-0.05, 0) is 19.1 Å². The number of hydrogen-bond acceptors (Lipinski definition) is 6. The van der Waals surface area contributed by atoms with Crippen LogP contribution in [0, 0.1) is 6.92 Å². The third-order valence-electron chi connectivity index (χ3n) is 5.62. The van der Waals surface area contributed by atoms with Crippen molar-refractivity contribution in [1.82, 2.24) is 20.1 Å². The van der Waals surface area contributed by atoms with Crippen LogP contribution in [0.2, 0.25) is 0 Å². The molecule has 3 heterocycles. The fourth-order valence-electron chi connectivity index (χ4n) is 3.84. The normalized spacial score (nSPS) is 13.9. The maximum Gasteiger partial charge on any atom is 0.265 e. The van der Waals surface area contributed by atoms with Crippen LogP contribution in [0.3, 0.4) is 0 Å². The molecular formula is C25H23N5OS. The van der Waals surface area contributed by atoms with Crippen molar-refractivity contribution < 1.29 is 4.79 Å². The van der Waals surface area contributed by atoms with Crippen molar-refractivity contribution in [3.63, 3.8) is 0 Å². The highest BCUT2D eigenvalue weighted by molar-refractivity contribution is 7.17. The topological polar surface area (TPSA) is 62.2 Å². The molecule has 0 unspecified atom stereocenters. The molecule has 0 N–H and O–H groups in total. The first-order valence-electron chi connectivity index (χ1n) is 10.7. The summed E-state index contributed by atoms with van der Waals surface area (Å²) in [6, 6.07) is 24.0. The monoisotopic (exact) mass is 441 g/mol. The van der Waals surface area contributed by atoms with E-state index in [1.54, 1.807) is 0 Å². The Morgan fingerprint density at radius 1 is 0.812 bits per heavy atom. The number of aromatic nitrogens is 3. The van der Waals surface area contributed by atoms with E-state index in [9.17, 15) is 4.79 Å². The van der Waals surface area contributed by atoms with Gasteiger partial charge in [-0.1, -0.05) is 60.7 Å². The van der Waals surface area contributed by atoms with E-state index in [0.717, 1.165) is 51.3 Å². The van der Waals surface area contributed by atoms with Gasteiger partial charge in [-0.2, -0.15) is 0 Å². The van der Waals surface area contributed by atoms with E-state index in [1.807, 2.05) is 84.6 Å². The summed E-state index contributed by atoms with van der Waals surface area (Å²) >= 11 is 1.47. The van der Waals surface area contributed by atoms with Gasteiger partial charge < -0.3 is 9.80 Å². The van der Waals surface area contributed by atoms with E-state index in [-0.39, 0.29) is 5.91 Å². The molecule has 2 aromatic carbocycles. The third kappa shape index (κ3) is 4.11. The van der Waals surface area contributed by atoms with Crippen molar-refractivity contribution >= 4 is 23.1 Å². The maximum absolute atomic E-state index is 13.2. The van der Waals surface area contributed by atoms with Crippen molar-refractivity contribution in [3.05, 3.63) is 83.4 Å². The fraction of sp³-hybridized carbons (Fsp3) is 0.200. The number of amides is 1. The van der Waals surface area contributed by atoms with Crippen molar-refractivity contribution in [1.29, 1.82) is 0 Å². The highest BCUT2D eigenvalue weighted by Crippen LogP contribution is 2.29. The molecule has 0 spiro atoms. The van der Waals surface area contributed by atoms with Gasteiger partial charge in [0.15, 0.2) is 5.82 Å². The second-order valence-corrected chi connectivity index (χ2v) is 8.72. The van der Waals surface area contributed by atoms with E-state index in [2.05, 4.69) is 20.1 Å². The lowest BCUT2D eigenvalue weighted by atomic mass is 10.1. The third-order valence-corrected chi connectivity index (χ3v) is 6.82. The molecule has 2 aromatic heterocycles. The number of anilines is 1. The van der Waals surface area contributed by atoms with Crippen LogP contribution < -0.4 is 4.90 Å². The van der Waals surface area contributed by atoms with E-state index in [0.29, 0.717) is 13.1 Å². The number of nitrogens with zero attached hydrogens (tertiary/aromatic N) is 5. The van der Waals surface area contributed by atoms with Gasteiger partial charge in [-0.3, -0.25) is 4.79 Å². The Morgan fingerprint density at radius 2 is 1.47 bits per heavy atom. The molecule has 6 nitrogen and oxygen atoms in total. The molecule has 0 atom stereocenters. The van der Waals surface area contributed by atoms with Gasteiger partial charge in [0.2, 0.25) is 0 Å². The number of benzene rings is 2. The molecule has 5 rings (SSSR count). The maximum atomic E-state index is 13.2. The minimum Gasteiger partial charge on any atom is -0.352 e. The van der Waals surface area contributed by atoms with Crippen LogP contribution >= 0.6 is 11.3 Å². The summed E-state index contributed by atoms with van der Waals surface area (Å²) in [5, 5.41) is 9.70. The Kier molecular flexibility index (Phi) is 5.64. The van der Waals surface area contributed by atoms with Crippen LogP contribution in [-0.4, -0.2) is 52.2 Å². The summed E-state index contributed by atoms with van der Waals surface area (Å²) < 4.78 is 0. The zero-order valence-electron chi connectivity index (χ0n) is 17.8. The first kappa shape index (κ1) is 20.3. The number of aryl methyl sites for hydroxylation is 1. The number of hydrogen-bond donors (Lipinski definition) is 0.